The van der Waals surface area contributed by atoms with Crippen molar-refractivity contribution in [2.75, 3.05) is 4.90 Å². The van der Waals surface area contributed by atoms with Gasteiger partial charge in [-0.3, -0.25) is 24.5 Å². The number of benzene rings is 3. The zero-order chi connectivity index (χ0) is 25.1. The summed E-state index contributed by atoms with van der Waals surface area (Å²) in [5, 5.41) is 20.2. The lowest BCUT2D eigenvalue weighted by atomic mass is 10.1. The third-order valence-corrected chi connectivity index (χ3v) is 5.79. The summed E-state index contributed by atoms with van der Waals surface area (Å²) in [6, 6.07) is 19.6. The average Bonchev–Trinajstić information content (AvgIpc) is 3.16. The number of carbonyl (C=O) groups is 3. The van der Waals surface area contributed by atoms with Gasteiger partial charge in [-0.15, -0.1) is 0 Å². The lowest BCUT2D eigenvalue weighted by Crippen LogP contribution is -2.45. The minimum atomic E-state index is -1.09. The first kappa shape index (κ1) is 23.3. The highest BCUT2D eigenvalue weighted by Crippen LogP contribution is 2.28. The topological polar surface area (TPSA) is 125 Å². The quantitative estimate of drug-likeness (QED) is 0.308. The van der Waals surface area contributed by atoms with Crippen molar-refractivity contribution >= 4 is 29.1 Å². The fourth-order valence-corrected chi connectivity index (χ4v) is 3.95. The summed E-state index contributed by atoms with van der Waals surface area (Å²) in [6.07, 6.45) is -0.231. The molecule has 0 N–H and O–H groups in total. The van der Waals surface area contributed by atoms with Crippen molar-refractivity contribution in [2.45, 2.75) is 25.9 Å². The summed E-state index contributed by atoms with van der Waals surface area (Å²) >= 11 is 0. The van der Waals surface area contributed by atoms with Crippen molar-refractivity contribution in [1.82, 2.24) is 4.90 Å². The molecule has 1 aliphatic heterocycles. The smallest absolute Gasteiger partial charge is 0.270 e. The lowest BCUT2D eigenvalue weighted by molar-refractivity contribution is -0.384. The van der Waals surface area contributed by atoms with E-state index in [1.807, 2.05) is 37.3 Å². The Balaban J connectivity index is 1.70. The van der Waals surface area contributed by atoms with E-state index in [1.54, 1.807) is 0 Å². The molecule has 1 saturated heterocycles. The van der Waals surface area contributed by atoms with Crippen LogP contribution in [0.2, 0.25) is 0 Å². The molecule has 9 nitrogen and oxygen atoms in total. The monoisotopic (exact) mass is 468 g/mol. The highest BCUT2D eigenvalue weighted by molar-refractivity contribution is 6.23. The third kappa shape index (κ3) is 4.77. The van der Waals surface area contributed by atoms with Gasteiger partial charge in [0.25, 0.3) is 17.5 Å². The second-order valence-electron chi connectivity index (χ2n) is 8.17. The van der Waals surface area contributed by atoms with Crippen LogP contribution in [0.15, 0.2) is 72.8 Å². The van der Waals surface area contributed by atoms with Crippen molar-refractivity contribution < 1.29 is 19.3 Å². The van der Waals surface area contributed by atoms with Crippen LogP contribution in [-0.4, -0.2) is 33.6 Å². The van der Waals surface area contributed by atoms with Gasteiger partial charge in [0.05, 0.1) is 28.7 Å². The van der Waals surface area contributed by atoms with Crippen LogP contribution in [0.4, 0.5) is 11.4 Å². The summed E-state index contributed by atoms with van der Waals surface area (Å²) in [4.78, 5) is 52.7. The van der Waals surface area contributed by atoms with Gasteiger partial charge in [-0.05, 0) is 42.8 Å². The zero-order valence-corrected chi connectivity index (χ0v) is 18.7. The van der Waals surface area contributed by atoms with Gasteiger partial charge in [-0.25, -0.2) is 4.90 Å². The zero-order valence-electron chi connectivity index (χ0n) is 18.7. The number of imide groups is 1. The molecule has 3 aromatic carbocycles. The number of nitrogens with zero attached hydrogens (tertiary/aromatic N) is 4. The first-order valence-corrected chi connectivity index (χ1v) is 10.8. The first-order chi connectivity index (χ1) is 16.8. The molecular formula is C26H20N4O5. The number of nitriles is 1. The van der Waals surface area contributed by atoms with Crippen LogP contribution >= 0.6 is 0 Å². The Bertz CT molecular complexity index is 1360. The molecule has 9 heteroatoms. The average molecular weight is 468 g/mol. The predicted octanol–water partition coefficient (Wildman–Crippen LogP) is 3.75. The van der Waals surface area contributed by atoms with Gasteiger partial charge in [0.15, 0.2) is 0 Å². The van der Waals surface area contributed by atoms with Crippen molar-refractivity contribution in [1.29, 1.82) is 5.26 Å². The fraction of sp³-hybridized carbons (Fsp3) is 0.154. The predicted molar refractivity (Wildman–Crippen MR) is 126 cm³/mol. The molecule has 0 spiro atoms. The second-order valence-corrected chi connectivity index (χ2v) is 8.17. The Kier molecular flexibility index (Phi) is 6.38. The molecule has 3 aromatic rings. The Labute approximate surface area is 201 Å². The number of rotatable bonds is 6. The SMILES string of the molecule is Cc1ccc(CN(C(=O)c2cccc([N+](=O)[O-])c2)C2CC(=O)N(c3ccc(C#N)cc3)C2=O)cc1. The minimum absolute atomic E-state index is 0.0344. The number of carbonyl (C=O) groups excluding carboxylic acids is 3. The van der Waals surface area contributed by atoms with Gasteiger partial charge >= 0.3 is 0 Å². The van der Waals surface area contributed by atoms with Crippen molar-refractivity contribution in [3.05, 3.63) is 105 Å². The molecule has 1 fully saturated rings. The van der Waals surface area contributed by atoms with Crippen LogP contribution in [0.5, 0.6) is 0 Å². The van der Waals surface area contributed by atoms with E-state index in [2.05, 4.69) is 0 Å². The van der Waals surface area contributed by atoms with Gasteiger partial charge in [0.1, 0.15) is 6.04 Å². The summed E-state index contributed by atoms with van der Waals surface area (Å²) in [5.41, 5.74) is 2.24. The molecule has 3 amide bonds. The Hall–Kier alpha value is -4.84. The molecule has 0 saturated carbocycles. The molecule has 35 heavy (non-hydrogen) atoms. The summed E-state index contributed by atoms with van der Waals surface area (Å²) in [7, 11) is 0. The van der Waals surface area contributed by atoms with Crippen LogP contribution in [0.25, 0.3) is 0 Å². The number of aryl methyl sites for hydroxylation is 1. The van der Waals surface area contributed by atoms with Crippen LogP contribution in [0.1, 0.15) is 33.5 Å². The maximum Gasteiger partial charge on any atom is 0.270 e. The Morgan fingerprint density at radius 2 is 1.80 bits per heavy atom. The van der Waals surface area contributed by atoms with E-state index in [1.165, 1.54) is 47.4 Å². The van der Waals surface area contributed by atoms with Crippen molar-refractivity contribution in [3.63, 3.8) is 0 Å². The van der Waals surface area contributed by atoms with Gasteiger partial charge in [-0.2, -0.15) is 5.26 Å². The van der Waals surface area contributed by atoms with Crippen LogP contribution < -0.4 is 4.90 Å². The Morgan fingerprint density at radius 1 is 1.11 bits per heavy atom. The number of nitro groups is 1. The number of anilines is 1. The molecule has 0 bridgehead atoms. The number of non-ortho nitro benzene ring substituents is 1. The number of hydrogen-bond donors (Lipinski definition) is 0. The van der Waals surface area contributed by atoms with Crippen molar-refractivity contribution in [2.24, 2.45) is 0 Å². The summed E-state index contributed by atoms with van der Waals surface area (Å²) in [5.74, 6) is -1.65. The van der Waals surface area contributed by atoms with Crippen LogP contribution in [0.3, 0.4) is 0 Å². The molecule has 0 radical (unpaired) electrons. The molecule has 174 valence electrons. The van der Waals surface area contributed by atoms with Crippen LogP contribution in [-0.2, 0) is 16.1 Å². The fourth-order valence-electron chi connectivity index (χ4n) is 3.95. The van der Waals surface area contributed by atoms with Crippen LogP contribution in [0, 0.1) is 28.4 Å². The first-order valence-electron chi connectivity index (χ1n) is 10.8. The second kappa shape index (κ2) is 9.57. The van der Waals surface area contributed by atoms with Gasteiger partial charge < -0.3 is 4.90 Å². The normalized spacial score (nSPS) is 15.1. The number of hydrogen-bond acceptors (Lipinski definition) is 6. The molecule has 0 aromatic heterocycles. The highest BCUT2D eigenvalue weighted by atomic mass is 16.6. The molecule has 1 unspecified atom stereocenters. The molecule has 1 aliphatic rings. The van der Waals surface area contributed by atoms with E-state index in [9.17, 15) is 24.5 Å². The standard InChI is InChI=1S/C26H20N4O5/c1-17-5-7-19(8-6-17)16-28(25(32)20-3-2-4-22(13-20)30(34)35)23-14-24(31)29(26(23)33)21-11-9-18(15-27)10-12-21/h2-13,23H,14,16H2,1H3. The maximum atomic E-state index is 13.5. The largest absolute Gasteiger partial charge is 0.322 e. The van der Waals surface area contributed by atoms with E-state index in [0.717, 1.165) is 22.1 Å². The Morgan fingerprint density at radius 3 is 2.43 bits per heavy atom. The van der Waals surface area contributed by atoms with E-state index in [0.29, 0.717) is 11.3 Å². The minimum Gasteiger partial charge on any atom is -0.322 e. The summed E-state index contributed by atoms with van der Waals surface area (Å²) < 4.78 is 0. The lowest BCUT2D eigenvalue weighted by Gasteiger charge is -2.28. The van der Waals surface area contributed by atoms with Crippen molar-refractivity contribution in [3.8, 4) is 6.07 Å². The number of amides is 3. The molecule has 1 atom stereocenters. The molecular weight excluding hydrogens is 448 g/mol. The van der Waals surface area contributed by atoms with E-state index >= 15 is 0 Å². The maximum absolute atomic E-state index is 13.5. The van der Waals surface area contributed by atoms with Gasteiger partial charge in [0.2, 0.25) is 5.91 Å². The molecule has 0 aliphatic carbocycles. The summed E-state index contributed by atoms with van der Waals surface area (Å²) in [6.45, 7) is 1.96. The van der Waals surface area contributed by atoms with E-state index < -0.39 is 28.7 Å². The highest BCUT2D eigenvalue weighted by Gasteiger charge is 2.44. The molecule has 1 heterocycles. The van der Waals surface area contributed by atoms with E-state index in [-0.39, 0.29) is 24.2 Å². The van der Waals surface area contributed by atoms with Gasteiger partial charge in [-0.1, -0.05) is 35.9 Å². The number of nitro benzene ring substituents is 1. The van der Waals surface area contributed by atoms with E-state index in [4.69, 9.17) is 5.26 Å². The molecule has 4 rings (SSSR count). The third-order valence-electron chi connectivity index (χ3n) is 5.79. The van der Waals surface area contributed by atoms with Gasteiger partial charge in [0, 0.05) is 24.2 Å².